The Balaban J connectivity index is 2.21. The molecule has 0 aromatic carbocycles. The van der Waals surface area contributed by atoms with Crippen LogP contribution in [0.4, 0.5) is 5.82 Å². The molecule has 4 heteroatoms. The van der Waals surface area contributed by atoms with E-state index < -0.39 is 0 Å². The number of hydrogen-bond donors (Lipinski definition) is 1. The lowest BCUT2D eigenvalue weighted by Crippen LogP contribution is -2.22. The largest absolute Gasteiger partial charge is 0.366 e. The van der Waals surface area contributed by atoms with E-state index in [1.165, 1.54) is 30.5 Å². The number of nitrogens with one attached hydrogen (secondary N) is 1. The molecule has 1 aromatic rings. The van der Waals surface area contributed by atoms with Crippen LogP contribution in [-0.2, 0) is 12.8 Å². The van der Waals surface area contributed by atoms with Gasteiger partial charge < -0.3 is 5.32 Å². The van der Waals surface area contributed by atoms with Gasteiger partial charge in [0.25, 0.3) is 0 Å². The van der Waals surface area contributed by atoms with Crippen molar-refractivity contribution in [2.45, 2.75) is 51.5 Å². The van der Waals surface area contributed by atoms with Crippen molar-refractivity contribution < 1.29 is 0 Å². The van der Waals surface area contributed by atoms with Gasteiger partial charge >= 0.3 is 0 Å². The van der Waals surface area contributed by atoms with Crippen molar-refractivity contribution in [1.82, 2.24) is 9.97 Å². The van der Waals surface area contributed by atoms with E-state index in [0.717, 1.165) is 25.1 Å². The van der Waals surface area contributed by atoms with Gasteiger partial charge in [-0.3, -0.25) is 0 Å². The second-order valence-corrected chi connectivity index (χ2v) is 4.92. The van der Waals surface area contributed by atoms with Crippen LogP contribution in [0.3, 0.4) is 0 Å². The first-order valence-electron chi connectivity index (χ1n) is 6.50. The number of rotatable bonds is 4. The van der Waals surface area contributed by atoms with Crippen molar-refractivity contribution in [1.29, 1.82) is 0 Å². The highest BCUT2D eigenvalue weighted by molar-refractivity contribution is 6.18. The van der Waals surface area contributed by atoms with Crippen LogP contribution in [0.15, 0.2) is 6.33 Å². The van der Waals surface area contributed by atoms with E-state index in [-0.39, 0.29) is 0 Å². The lowest BCUT2D eigenvalue weighted by Gasteiger charge is -2.18. The minimum atomic E-state index is 0.305. The van der Waals surface area contributed by atoms with Gasteiger partial charge in [0.1, 0.15) is 12.1 Å². The van der Waals surface area contributed by atoms with Crippen LogP contribution in [0.25, 0.3) is 0 Å². The molecule has 1 heterocycles. The third-order valence-corrected chi connectivity index (χ3v) is 3.77. The highest BCUT2D eigenvalue weighted by Crippen LogP contribution is 2.24. The van der Waals surface area contributed by atoms with E-state index in [9.17, 15) is 0 Å². The Morgan fingerprint density at radius 1 is 1.29 bits per heavy atom. The van der Waals surface area contributed by atoms with Gasteiger partial charge in [-0.25, -0.2) is 9.97 Å². The number of nitrogens with zero attached hydrogens (tertiary/aromatic N) is 2. The van der Waals surface area contributed by atoms with Crippen molar-refractivity contribution >= 4 is 17.4 Å². The molecule has 0 amide bonds. The minimum Gasteiger partial charge on any atom is -0.366 e. The molecule has 17 heavy (non-hydrogen) atoms. The van der Waals surface area contributed by atoms with Crippen molar-refractivity contribution in [3.8, 4) is 0 Å². The van der Waals surface area contributed by atoms with Gasteiger partial charge in [-0.2, -0.15) is 0 Å². The molecule has 0 fully saturated rings. The Morgan fingerprint density at radius 2 is 2.12 bits per heavy atom. The Kier molecular flexibility index (Phi) is 4.60. The summed E-state index contributed by atoms with van der Waals surface area (Å²) in [6.45, 7) is 2.14. The third kappa shape index (κ3) is 3.09. The summed E-state index contributed by atoms with van der Waals surface area (Å²) < 4.78 is 0. The minimum absolute atomic E-state index is 0.305. The summed E-state index contributed by atoms with van der Waals surface area (Å²) in [5.74, 6) is 1.62. The molecule has 94 valence electrons. The van der Waals surface area contributed by atoms with Crippen LogP contribution in [0, 0.1) is 0 Å². The molecule has 1 aliphatic rings. The maximum absolute atomic E-state index is 5.93. The Bertz CT molecular complexity index is 364. The zero-order valence-electron chi connectivity index (χ0n) is 10.4. The van der Waals surface area contributed by atoms with Crippen molar-refractivity contribution in [2.24, 2.45) is 0 Å². The number of fused-ring (bicyclic) bond motifs is 1. The number of alkyl halides is 1. The number of halogens is 1. The van der Waals surface area contributed by atoms with E-state index in [2.05, 4.69) is 22.2 Å². The topological polar surface area (TPSA) is 37.8 Å². The zero-order chi connectivity index (χ0) is 12.1. The van der Waals surface area contributed by atoms with Crippen molar-refractivity contribution in [3.05, 3.63) is 17.6 Å². The smallest absolute Gasteiger partial charge is 0.133 e. The lowest BCUT2D eigenvalue weighted by atomic mass is 10.1. The summed E-state index contributed by atoms with van der Waals surface area (Å²) in [5.41, 5.74) is 2.54. The van der Waals surface area contributed by atoms with Gasteiger partial charge in [0.05, 0.1) is 0 Å². The van der Waals surface area contributed by atoms with Crippen LogP contribution >= 0.6 is 11.6 Å². The summed E-state index contributed by atoms with van der Waals surface area (Å²) in [7, 11) is 0. The van der Waals surface area contributed by atoms with Crippen LogP contribution in [-0.4, -0.2) is 21.9 Å². The second kappa shape index (κ2) is 6.20. The van der Waals surface area contributed by atoms with E-state index in [0.29, 0.717) is 11.9 Å². The van der Waals surface area contributed by atoms with Gasteiger partial charge in [-0.15, -0.1) is 11.6 Å². The second-order valence-electron chi connectivity index (χ2n) is 4.61. The van der Waals surface area contributed by atoms with E-state index in [1.54, 1.807) is 6.33 Å². The fourth-order valence-corrected chi connectivity index (χ4v) is 2.56. The molecule has 1 unspecified atom stereocenters. The van der Waals surface area contributed by atoms with Crippen LogP contribution < -0.4 is 5.32 Å². The number of aromatic nitrogens is 2. The molecule has 1 atom stereocenters. The molecule has 2 rings (SSSR count). The third-order valence-electron chi connectivity index (χ3n) is 3.39. The van der Waals surface area contributed by atoms with Gasteiger partial charge in [-0.1, -0.05) is 13.3 Å². The highest BCUT2D eigenvalue weighted by atomic mass is 35.5. The number of anilines is 1. The molecule has 0 saturated heterocycles. The maximum Gasteiger partial charge on any atom is 0.133 e. The first-order chi connectivity index (χ1) is 8.35. The molecule has 1 aromatic heterocycles. The molecular weight excluding hydrogens is 234 g/mol. The average Bonchev–Trinajstić information content (AvgIpc) is 2.61. The first kappa shape index (κ1) is 12.6. The summed E-state index contributed by atoms with van der Waals surface area (Å²) in [4.78, 5) is 8.80. The predicted octanol–water partition coefficient (Wildman–Crippen LogP) is 3.17. The molecule has 0 saturated carbocycles. The van der Waals surface area contributed by atoms with Gasteiger partial charge in [0, 0.05) is 23.2 Å². The van der Waals surface area contributed by atoms with E-state index in [1.807, 2.05) is 0 Å². The monoisotopic (exact) mass is 253 g/mol. The summed E-state index contributed by atoms with van der Waals surface area (Å²) >= 11 is 5.93. The summed E-state index contributed by atoms with van der Waals surface area (Å²) in [5, 5.41) is 3.45. The molecule has 0 spiro atoms. The fraction of sp³-hybridized carbons (Fsp3) is 0.692. The first-order valence-corrected chi connectivity index (χ1v) is 7.03. The SMILES string of the molecule is CCC(CCl)Nc1ncnc2c1CCCCC2. The molecular formula is C13H20ClN3. The highest BCUT2D eigenvalue weighted by Gasteiger charge is 2.15. The molecule has 0 radical (unpaired) electrons. The average molecular weight is 254 g/mol. The lowest BCUT2D eigenvalue weighted by molar-refractivity contribution is 0.708. The normalized spacial score (nSPS) is 17.1. The zero-order valence-corrected chi connectivity index (χ0v) is 11.1. The molecule has 1 N–H and O–H groups in total. The van der Waals surface area contributed by atoms with Gasteiger partial charge in [0.2, 0.25) is 0 Å². The fourth-order valence-electron chi connectivity index (χ4n) is 2.27. The molecule has 0 bridgehead atoms. The molecule has 3 nitrogen and oxygen atoms in total. The Labute approximate surface area is 108 Å². The summed E-state index contributed by atoms with van der Waals surface area (Å²) in [6.07, 6.45) is 8.66. The van der Waals surface area contributed by atoms with Crippen LogP contribution in [0.5, 0.6) is 0 Å². The van der Waals surface area contributed by atoms with Gasteiger partial charge in [0.15, 0.2) is 0 Å². The Morgan fingerprint density at radius 3 is 2.88 bits per heavy atom. The Hall–Kier alpha value is -0.830. The van der Waals surface area contributed by atoms with E-state index in [4.69, 9.17) is 11.6 Å². The van der Waals surface area contributed by atoms with Gasteiger partial charge in [-0.05, 0) is 32.1 Å². The standard InChI is InChI=1S/C13H20ClN3/c1-2-10(8-14)17-13-11-6-4-3-5-7-12(11)15-9-16-13/h9-10H,2-8H2,1H3,(H,15,16,17). The number of hydrogen-bond acceptors (Lipinski definition) is 3. The van der Waals surface area contributed by atoms with Crippen LogP contribution in [0.2, 0.25) is 0 Å². The van der Waals surface area contributed by atoms with Crippen molar-refractivity contribution in [3.63, 3.8) is 0 Å². The van der Waals surface area contributed by atoms with E-state index >= 15 is 0 Å². The van der Waals surface area contributed by atoms with Crippen molar-refractivity contribution in [2.75, 3.05) is 11.2 Å². The molecule has 1 aliphatic carbocycles. The molecule has 0 aliphatic heterocycles. The maximum atomic E-state index is 5.93. The quantitative estimate of drug-likeness (QED) is 0.662. The predicted molar refractivity (Wildman–Crippen MR) is 71.7 cm³/mol. The van der Waals surface area contributed by atoms with Crippen LogP contribution in [0.1, 0.15) is 43.9 Å². The summed E-state index contributed by atoms with van der Waals surface area (Å²) in [6, 6.07) is 0.305. The number of aryl methyl sites for hydroxylation is 1.